The zero-order valence-corrected chi connectivity index (χ0v) is 17.8. The van der Waals surface area contributed by atoms with Crippen LogP contribution in [-0.2, 0) is 20.2 Å². The lowest BCUT2D eigenvalue weighted by Gasteiger charge is -2.40. The fourth-order valence-corrected chi connectivity index (χ4v) is 5.16. The Morgan fingerprint density at radius 2 is 1.89 bits per heavy atom. The molecule has 1 amide bonds. The number of rotatable bonds is 6. The topological polar surface area (TPSA) is 98.7 Å². The molecule has 0 saturated carbocycles. The van der Waals surface area contributed by atoms with E-state index < -0.39 is 21.5 Å². The second-order valence-corrected chi connectivity index (χ2v) is 9.70. The summed E-state index contributed by atoms with van der Waals surface area (Å²) >= 11 is 0. The number of amides is 1. The number of aliphatic hydroxyl groups excluding tert-OH is 1. The van der Waals surface area contributed by atoms with E-state index in [1.807, 2.05) is 30.3 Å². The highest BCUT2D eigenvalue weighted by Gasteiger charge is 2.44. The van der Waals surface area contributed by atoms with Crippen LogP contribution in [0.3, 0.4) is 0 Å². The van der Waals surface area contributed by atoms with Gasteiger partial charge in [-0.2, -0.15) is 0 Å². The summed E-state index contributed by atoms with van der Waals surface area (Å²) in [5.41, 5.74) is 0.180. The minimum Gasteiger partial charge on any atom is -0.391 e. The van der Waals surface area contributed by atoms with Crippen LogP contribution >= 0.6 is 12.4 Å². The Labute approximate surface area is 173 Å². The van der Waals surface area contributed by atoms with E-state index in [4.69, 9.17) is 0 Å². The van der Waals surface area contributed by atoms with E-state index in [-0.39, 0.29) is 30.0 Å². The van der Waals surface area contributed by atoms with Crippen molar-refractivity contribution in [1.29, 1.82) is 0 Å². The molecule has 7 nitrogen and oxygen atoms in total. The van der Waals surface area contributed by atoms with Crippen LogP contribution in [0.5, 0.6) is 0 Å². The maximum absolute atomic E-state index is 13.2. The van der Waals surface area contributed by atoms with Gasteiger partial charge in [-0.1, -0.05) is 30.3 Å². The van der Waals surface area contributed by atoms with Gasteiger partial charge < -0.3 is 15.7 Å². The molecule has 28 heavy (non-hydrogen) atoms. The molecule has 158 valence electrons. The monoisotopic (exact) mass is 431 g/mol. The van der Waals surface area contributed by atoms with E-state index in [1.165, 1.54) is 4.31 Å². The largest absolute Gasteiger partial charge is 0.391 e. The van der Waals surface area contributed by atoms with Crippen LogP contribution in [0.2, 0.25) is 0 Å². The predicted molar refractivity (Wildman–Crippen MR) is 111 cm³/mol. The number of nitrogens with zero attached hydrogens (tertiary/aromatic N) is 1. The summed E-state index contributed by atoms with van der Waals surface area (Å²) in [5, 5.41) is 16.1. The Morgan fingerprint density at radius 3 is 2.43 bits per heavy atom. The first-order valence-corrected chi connectivity index (χ1v) is 11.2. The number of hydrogen-bond acceptors (Lipinski definition) is 5. The molecule has 0 radical (unpaired) electrons. The summed E-state index contributed by atoms with van der Waals surface area (Å²) in [7, 11) is -3.25. The first-order valence-electron chi connectivity index (χ1n) is 9.59. The van der Waals surface area contributed by atoms with E-state index in [9.17, 15) is 18.3 Å². The molecule has 2 aliphatic heterocycles. The fourth-order valence-electron chi connectivity index (χ4n) is 4.05. The van der Waals surface area contributed by atoms with E-state index in [2.05, 4.69) is 10.6 Å². The number of nitrogens with one attached hydrogen (secondary N) is 2. The van der Waals surface area contributed by atoms with Gasteiger partial charge in [0.25, 0.3) is 0 Å². The average Bonchev–Trinajstić information content (AvgIpc) is 3.11. The number of piperidine rings is 1. The molecule has 2 atom stereocenters. The molecule has 0 aliphatic carbocycles. The summed E-state index contributed by atoms with van der Waals surface area (Å²) < 4.78 is 25.9. The number of hydrogen-bond donors (Lipinski definition) is 3. The first kappa shape index (κ1) is 23.1. The van der Waals surface area contributed by atoms with Crippen molar-refractivity contribution in [1.82, 2.24) is 14.9 Å². The Kier molecular flexibility index (Phi) is 7.87. The van der Waals surface area contributed by atoms with Crippen molar-refractivity contribution in [3.63, 3.8) is 0 Å². The van der Waals surface area contributed by atoms with Gasteiger partial charge >= 0.3 is 0 Å². The number of aliphatic hydroxyl groups is 1. The Balaban J connectivity index is 0.00000280. The highest BCUT2D eigenvalue weighted by atomic mass is 35.5. The van der Waals surface area contributed by atoms with E-state index in [1.54, 1.807) is 6.92 Å². The molecule has 2 unspecified atom stereocenters. The molecule has 2 fully saturated rings. The third kappa shape index (κ3) is 4.68. The van der Waals surface area contributed by atoms with Crippen LogP contribution < -0.4 is 10.6 Å². The standard InChI is InChI=1S/C19H29N3O4S.ClH/c1-2-27(25,26)22-10-8-19(9-11-22,16-6-4-3-5-7-16)18(24)21-13-15-12-20-14-17(15)23;/h3-7,15,17,20,23H,2,8-14H2,1H3,(H,21,24);1H. The number of sulfonamides is 1. The van der Waals surface area contributed by atoms with Crippen LogP contribution in [-0.4, -0.2) is 68.3 Å². The maximum Gasteiger partial charge on any atom is 0.230 e. The number of halogens is 1. The molecule has 2 aliphatic rings. The van der Waals surface area contributed by atoms with Crippen LogP contribution in [0.4, 0.5) is 0 Å². The van der Waals surface area contributed by atoms with Crippen molar-refractivity contribution in [3.05, 3.63) is 35.9 Å². The molecule has 3 N–H and O–H groups in total. The second-order valence-electron chi connectivity index (χ2n) is 7.44. The van der Waals surface area contributed by atoms with Gasteiger partial charge in [0.05, 0.1) is 17.3 Å². The third-order valence-electron chi connectivity index (χ3n) is 5.92. The number of benzene rings is 1. The number of carbonyl (C=O) groups is 1. The van der Waals surface area contributed by atoms with Crippen LogP contribution in [0.25, 0.3) is 0 Å². The van der Waals surface area contributed by atoms with Gasteiger partial charge in [0.1, 0.15) is 0 Å². The molecule has 2 saturated heterocycles. The van der Waals surface area contributed by atoms with Gasteiger partial charge in [0.15, 0.2) is 0 Å². The molecule has 0 bridgehead atoms. The van der Waals surface area contributed by atoms with E-state index in [0.29, 0.717) is 45.6 Å². The Morgan fingerprint density at radius 1 is 1.25 bits per heavy atom. The predicted octanol–water partition coefficient (Wildman–Crippen LogP) is 0.488. The van der Waals surface area contributed by atoms with Gasteiger partial charge in [-0.25, -0.2) is 12.7 Å². The third-order valence-corrected chi connectivity index (χ3v) is 7.81. The molecule has 1 aromatic carbocycles. The fraction of sp³-hybridized carbons (Fsp3) is 0.632. The molecule has 2 heterocycles. The molecule has 0 aromatic heterocycles. The normalized spacial score (nSPS) is 25.1. The zero-order valence-electron chi connectivity index (χ0n) is 16.1. The van der Waals surface area contributed by atoms with Crippen molar-refractivity contribution in [2.45, 2.75) is 31.3 Å². The van der Waals surface area contributed by atoms with E-state index >= 15 is 0 Å². The molecular weight excluding hydrogens is 402 g/mol. The average molecular weight is 432 g/mol. The molecular formula is C19H30ClN3O4S. The lowest BCUT2D eigenvalue weighted by molar-refractivity contribution is -0.128. The van der Waals surface area contributed by atoms with Crippen molar-refractivity contribution < 1.29 is 18.3 Å². The second kappa shape index (κ2) is 9.54. The Hall–Kier alpha value is -1.19. The van der Waals surface area contributed by atoms with Crippen molar-refractivity contribution in [2.75, 3.05) is 38.5 Å². The molecule has 3 rings (SSSR count). The molecule has 9 heteroatoms. The first-order chi connectivity index (χ1) is 12.9. The smallest absolute Gasteiger partial charge is 0.230 e. The van der Waals surface area contributed by atoms with Gasteiger partial charge in [-0.15, -0.1) is 12.4 Å². The zero-order chi connectivity index (χ0) is 19.5. The van der Waals surface area contributed by atoms with Gasteiger partial charge in [0, 0.05) is 38.6 Å². The van der Waals surface area contributed by atoms with Crippen LogP contribution in [0.15, 0.2) is 30.3 Å². The molecule has 1 aromatic rings. The van der Waals surface area contributed by atoms with Gasteiger partial charge in [0.2, 0.25) is 15.9 Å². The number of carbonyl (C=O) groups excluding carboxylic acids is 1. The van der Waals surface area contributed by atoms with Crippen LogP contribution in [0.1, 0.15) is 25.3 Å². The quantitative estimate of drug-likeness (QED) is 0.608. The van der Waals surface area contributed by atoms with Gasteiger partial charge in [-0.05, 0) is 25.3 Å². The lowest BCUT2D eigenvalue weighted by atomic mass is 9.72. The highest BCUT2D eigenvalue weighted by Crippen LogP contribution is 2.36. The van der Waals surface area contributed by atoms with Crippen LogP contribution in [0, 0.1) is 5.92 Å². The summed E-state index contributed by atoms with van der Waals surface area (Å²) in [5.74, 6) is -0.00641. The number of β-amino-alcohol motifs (C(OH)–C–C–N with tert-alkyl or cyclic N) is 1. The van der Waals surface area contributed by atoms with E-state index in [0.717, 1.165) is 5.56 Å². The maximum atomic E-state index is 13.2. The molecule has 0 spiro atoms. The van der Waals surface area contributed by atoms with Crippen molar-refractivity contribution in [2.24, 2.45) is 5.92 Å². The van der Waals surface area contributed by atoms with Crippen molar-refractivity contribution in [3.8, 4) is 0 Å². The highest BCUT2D eigenvalue weighted by molar-refractivity contribution is 7.89. The Bertz CT molecular complexity index is 752. The SMILES string of the molecule is CCS(=O)(=O)N1CCC(C(=O)NCC2CNCC2O)(c2ccccc2)CC1.Cl. The summed E-state index contributed by atoms with van der Waals surface area (Å²) in [6.45, 7) is 3.97. The summed E-state index contributed by atoms with van der Waals surface area (Å²) in [6, 6.07) is 9.60. The minimum absolute atomic E-state index is 0. The minimum atomic E-state index is -3.25. The van der Waals surface area contributed by atoms with Gasteiger partial charge in [-0.3, -0.25) is 4.79 Å². The summed E-state index contributed by atoms with van der Waals surface area (Å²) in [4.78, 5) is 13.2. The van der Waals surface area contributed by atoms with Crippen molar-refractivity contribution >= 4 is 28.3 Å². The summed E-state index contributed by atoms with van der Waals surface area (Å²) in [6.07, 6.45) is 0.454. The lowest BCUT2D eigenvalue weighted by Crippen LogP contribution is -2.53.